The molecule has 1 aromatic heterocycles. The van der Waals surface area contributed by atoms with E-state index in [2.05, 4.69) is 28.7 Å². The zero-order chi connectivity index (χ0) is 19.2. The van der Waals surface area contributed by atoms with Gasteiger partial charge in [0.1, 0.15) is 13.2 Å². The smallest absolute Gasteiger partial charge is 0.230 e. The van der Waals surface area contributed by atoms with E-state index in [1.54, 1.807) is 0 Å². The minimum Gasteiger partial charge on any atom is -0.486 e. The van der Waals surface area contributed by atoms with Gasteiger partial charge in [-0.3, -0.25) is 4.79 Å². The quantitative estimate of drug-likeness (QED) is 0.697. The molecular weight excluding hydrogens is 362 g/mol. The van der Waals surface area contributed by atoms with Crippen molar-refractivity contribution in [2.45, 2.75) is 51.4 Å². The van der Waals surface area contributed by atoms with E-state index < -0.39 is 0 Å². The molecule has 1 amide bonds. The Labute approximate surface area is 164 Å². The number of ether oxygens (including phenoxy) is 2. The van der Waals surface area contributed by atoms with Crippen molar-refractivity contribution in [2.24, 2.45) is 0 Å². The van der Waals surface area contributed by atoms with Crippen LogP contribution in [0.4, 0.5) is 0 Å². The fourth-order valence-electron chi connectivity index (χ4n) is 3.16. The van der Waals surface area contributed by atoms with Gasteiger partial charge < -0.3 is 19.4 Å². The van der Waals surface area contributed by atoms with E-state index in [4.69, 9.17) is 9.47 Å². The molecule has 1 N–H and O–H groups in total. The topological polar surface area (TPSA) is 65.4 Å². The molecule has 0 saturated carbocycles. The van der Waals surface area contributed by atoms with Gasteiger partial charge in [-0.1, -0.05) is 25.1 Å². The van der Waals surface area contributed by atoms with Gasteiger partial charge in [-0.2, -0.15) is 0 Å². The Kier molecular flexibility index (Phi) is 6.66. The number of imidazole rings is 1. The number of hydrogen-bond acceptors (Lipinski definition) is 5. The fraction of sp³-hybridized carbons (Fsp3) is 0.500. The lowest BCUT2D eigenvalue weighted by Gasteiger charge is -2.19. The standard InChI is InChI=1S/C20H27N3O3S/c1-4-6-14(3)22-19(24)13-27-20-21-12-16(23(20)5-2)15-7-8-17-18(11-15)26-10-9-25-17/h7-8,11-12,14H,4-6,9-10,13H2,1-3H3,(H,22,24). The molecule has 1 aromatic carbocycles. The number of amides is 1. The summed E-state index contributed by atoms with van der Waals surface area (Å²) in [6.07, 6.45) is 3.91. The van der Waals surface area contributed by atoms with E-state index in [-0.39, 0.29) is 11.9 Å². The SMILES string of the molecule is CCCC(C)NC(=O)CSc1ncc(-c2ccc3c(c2)OCCO3)n1CC. The third-order valence-corrected chi connectivity index (χ3v) is 5.43. The molecule has 146 valence electrons. The molecule has 2 aromatic rings. The lowest BCUT2D eigenvalue weighted by Crippen LogP contribution is -2.33. The molecule has 27 heavy (non-hydrogen) atoms. The van der Waals surface area contributed by atoms with Crippen molar-refractivity contribution in [1.82, 2.24) is 14.9 Å². The van der Waals surface area contributed by atoms with Crippen LogP contribution in [0, 0.1) is 0 Å². The van der Waals surface area contributed by atoms with Gasteiger partial charge in [0.05, 0.1) is 17.6 Å². The van der Waals surface area contributed by atoms with Crippen LogP contribution in [0.5, 0.6) is 11.5 Å². The second-order valence-corrected chi connectivity index (χ2v) is 7.52. The first kappa shape index (κ1) is 19.6. The predicted octanol–water partition coefficient (Wildman–Crippen LogP) is 3.74. The number of benzene rings is 1. The van der Waals surface area contributed by atoms with Gasteiger partial charge in [-0.15, -0.1) is 0 Å². The number of carbonyl (C=O) groups excluding carboxylic acids is 1. The van der Waals surface area contributed by atoms with Crippen LogP contribution in [0.15, 0.2) is 29.6 Å². The van der Waals surface area contributed by atoms with E-state index in [1.165, 1.54) is 11.8 Å². The molecule has 1 aliphatic heterocycles. The molecule has 7 heteroatoms. The van der Waals surface area contributed by atoms with Crippen molar-refractivity contribution in [2.75, 3.05) is 19.0 Å². The van der Waals surface area contributed by atoms with Crippen LogP contribution in [0.1, 0.15) is 33.6 Å². The minimum absolute atomic E-state index is 0.0486. The third kappa shape index (κ3) is 4.77. The fourth-order valence-corrected chi connectivity index (χ4v) is 4.02. The molecule has 2 heterocycles. The summed E-state index contributed by atoms with van der Waals surface area (Å²) in [6.45, 7) is 8.17. The normalized spacial score (nSPS) is 14.0. The summed E-state index contributed by atoms with van der Waals surface area (Å²) < 4.78 is 13.4. The second-order valence-electron chi connectivity index (χ2n) is 6.57. The number of aromatic nitrogens is 2. The van der Waals surface area contributed by atoms with Crippen LogP contribution in [0.25, 0.3) is 11.3 Å². The average molecular weight is 390 g/mol. The lowest BCUT2D eigenvalue weighted by atomic mass is 10.1. The molecule has 0 bridgehead atoms. The van der Waals surface area contributed by atoms with E-state index in [0.717, 1.165) is 47.3 Å². The van der Waals surface area contributed by atoms with Gasteiger partial charge >= 0.3 is 0 Å². The number of nitrogens with zero attached hydrogens (tertiary/aromatic N) is 2. The highest BCUT2D eigenvalue weighted by molar-refractivity contribution is 7.99. The monoisotopic (exact) mass is 389 g/mol. The summed E-state index contributed by atoms with van der Waals surface area (Å²) in [7, 11) is 0. The molecule has 1 atom stereocenters. The maximum Gasteiger partial charge on any atom is 0.230 e. The highest BCUT2D eigenvalue weighted by Crippen LogP contribution is 2.35. The summed E-state index contributed by atoms with van der Waals surface area (Å²) in [6, 6.07) is 6.16. The predicted molar refractivity (Wildman–Crippen MR) is 108 cm³/mol. The first-order chi connectivity index (χ1) is 13.1. The van der Waals surface area contributed by atoms with Crippen molar-refractivity contribution < 1.29 is 14.3 Å². The van der Waals surface area contributed by atoms with Gasteiger partial charge in [0.15, 0.2) is 16.7 Å². The number of fused-ring (bicyclic) bond motifs is 1. The minimum atomic E-state index is 0.0486. The Balaban J connectivity index is 1.71. The first-order valence-corrected chi connectivity index (χ1v) is 10.5. The van der Waals surface area contributed by atoms with Gasteiger partial charge in [-0.25, -0.2) is 4.98 Å². The molecule has 0 fully saturated rings. The van der Waals surface area contributed by atoms with Gasteiger partial charge in [0.2, 0.25) is 5.91 Å². The highest BCUT2D eigenvalue weighted by Gasteiger charge is 2.17. The maximum absolute atomic E-state index is 12.1. The third-order valence-electron chi connectivity index (χ3n) is 4.43. The van der Waals surface area contributed by atoms with Crippen LogP contribution < -0.4 is 14.8 Å². The number of rotatable bonds is 8. The van der Waals surface area contributed by atoms with Crippen LogP contribution in [0.3, 0.4) is 0 Å². The van der Waals surface area contributed by atoms with Crippen molar-refractivity contribution in [3.63, 3.8) is 0 Å². The summed E-state index contributed by atoms with van der Waals surface area (Å²) in [5.74, 6) is 1.96. The second kappa shape index (κ2) is 9.17. The van der Waals surface area contributed by atoms with Crippen LogP contribution in [-0.2, 0) is 11.3 Å². The van der Waals surface area contributed by atoms with Gasteiger partial charge in [0, 0.05) is 18.2 Å². The Morgan fingerprint density at radius 2 is 2.07 bits per heavy atom. The van der Waals surface area contributed by atoms with E-state index in [9.17, 15) is 4.79 Å². The van der Waals surface area contributed by atoms with Crippen LogP contribution >= 0.6 is 11.8 Å². The van der Waals surface area contributed by atoms with Crippen molar-refractivity contribution >= 4 is 17.7 Å². The molecule has 0 aliphatic carbocycles. The molecule has 3 rings (SSSR count). The molecule has 1 aliphatic rings. The largest absolute Gasteiger partial charge is 0.486 e. The maximum atomic E-state index is 12.1. The lowest BCUT2D eigenvalue weighted by molar-refractivity contribution is -0.119. The molecule has 1 unspecified atom stereocenters. The Bertz CT molecular complexity index is 791. The Morgan fingerprint density at radius 3 is 2.81 bits per heavy atom. The summed E-state index contributed by atoms with van der Waals surface area (Å²) in [5, 5.41) is 3.88. The van der Waals surface area contributed by atoms with Crippen molar-refractivity contribution in [3.8, 4) is 22.8 Å². The molecular formula is C20H27N3O3S. The summed E-state index contributed by atoms with van der Waals surface area (Å²) in [4.78, 5) is 16.7. The number of carbonyl (C=O) groups is 1. The Hall–Kier alpha value is -2.15. The number of nitrogens with one attached hydrogen (secondary N) is 1. The molecule has 0 saturated heterocycles. The van der Waals surface area contributed by atoms with Crippen molar-refractivity contribution in [3.05, 3.63) is 24.4 Å². The molecule has 0 spiro atoms. The molecule has 6 nitrogen and oxygen atoms in total. The van der Waals surface area contributed by atoms with Crippen molar-refractivity contribution in [1.29, 1.82) is 0 Å². The molecule has 0 radical (unpaired) electrons. The average Bonchev–Trinajstić information content (AvgIpc) is 3.09. The van der Waals surface area contributed by atoms with Gasteiger partial charge in [0.25, 0.3) is 0 Å². The summed E-state index contributed by atoms with van der Waals surface area (Å²) in [5.41, 5.74) is 2.04. The van der Waals surface area contributed by atoms with E-state index in [0.29, 0.717) is 19.0 Å². The zero-order valence-corrected chi connectivity index (χ0v) is 17.0. The summed E-state index contributed by atoms with van der Waals surface area (Å²) >= 11 is 1.47. The van der Waals surface area contributed by atoms with E-state index >= 15 is 0 Å². The number of thioether (sulfide) groups is 1. The first-order valence-electron chi connectivity index (χ1n) is 9.50. The number of hydrogen-bond donors (Lipinski definition) is 1. The van der Waals surface area contributed by atoms with Crippen LogP contribution in [0.2, 0.25) is 0 Å². The van der Waals surface area contributed by atoms with Gasteiger partial charge in [-0.05, 0) is 38.5 Å². The van der Waals surface area contributed by atoms with E-state index in [1.807, 2.05) is 31.3 Å². The highest BCUT2D eigenvalue weighted by atomic mass is 32.2. The van der Waals surface area contributed by atoms with Crippen LogP contribution in [-0.4, -0.2) is 40.5 Å². The zero-order valence-electron chi connectivity index (χ0n) is 16.2. The Morgan fingerprint density at radius 1 is 1.30 bits per heavy atom.